The van der Waals surface area contributed by atoms with E-state index in [4.69, 9.17) is 32.8 Å². The minimum Gasteiger partial charge on any atom is -0.493 e. The van der Waals surface area contributed by atoms with Crippen molar-refractivity contribution in [3.8, 4) is 17.2 Å². The molecule has 0 radical (unpaired) electrons. The Morgan fingerprint density at radius 1 is 0.936 bits per heavy atom. The summed E-state index contributed by atoms with van der Waals surface area (Å²) in [6, 6.07) is 8.44. The molecule has 2 aromatic carbocycles. The number of carbonyl (C=O) groups excluding carboxylic acids is 2. The normalized spacial score (nSPS) is 16.2. The summed E-state index contributed by atoms with van der Waals surface area (Å²) in [5.74, 6) is 0.782. The van der Waals surface area contributed by atoms with Gasteiger partial charge in [0.25, 0.3) is 0 Å². The van der Waals surface area contributed by atoms with Gasteiger partial charge < -0.3 is 43.1 Å². The van der Waals surface area contributed by atoms with E-state index in [9.17, 15) is 14.4 Å². The predicted molar refractivity (Wildman–Crippen MR) is 175 cm³/mol. The fourth-order valence-electron chi connectivity index (χ4n) is 5.69. The van der Waals surface area contributed by atoms with E-state index in [2.05, 4.69) is 10.2 Å². The molecule has 1 atom stereocenters. The first-order chi connectivity index (χ1) is 22.8. The minimum atomic E-state index is -0.642. The standard InChI is InChI=1S/C34H41N3O10/c1-22-26-7-6-24(35-34(40)37-11-15-45-16-12-37)19-28(26)47-33(39)27(22)20-25(21-36-9-13-44-14-10-36)46-31(38)8-5-23-17-29(41-2)32(43-4)30(18-23)42-3/h5-8,17-19,25H,9-16,20-21H2,1-4H3,(H,35,40)/b8-5+/t25-/m0/s1. The van der Waals surface area contributed by atoms with E-state index in [0.29, 0.717) is 98.8 Å². The average Bonchev–Trinajstić information content (AvgIpc) is 3.09. The summed E-state index contributed by atoms with van der Waals surface area (Å²) in [5.41, 5.74) is 2.13. The number of fused-ring (bicyclic) bond motifs is 1. The number of aryl methyl sites for hydroxylation is 1. The predicted octanol–water partition coefficient (Wildman–Crippen LogP) is 3.49. The Labute approximate surface area is 272 Å². The minimum absolute atomic E-state index is 0.154. The van der Waals surface area contributed by atoms with Gasteiger partial charge in [0.2, 0.25) is 5.75 Å². The topological polar surface area (TPSA) is 138 Å². The molecule has 2 aliphatic heterocycles. The second-order valence-corrected chi connectivity index (χ2v) is 11.2. The summed E-state index contributed by atoms with van der Waals surface area (Å²) in [5, 5.41) is 3.59. The fraction of sp³-hybridized carbons (Fsp3) is 0.441. The molecule has 0 saturated carbocycles. The van der Waals surface area contributed by atoms with E-state index in [-0.39, 0.29) is 12.5 Å². The monoisotopic (exact) mass is 651 g/mol. The Hall–Kier alpha value is -4.59. The average molecular weight is 652 g/mol. The van der Waals surface area contributed by atoms with Crippen LogP contribution in [-0.4, -0.2) is 108 Å². The number of nitrogens with zero attached hydrogens (tertiary/aromatic N) is 2. The first-order valence-electron chi connectivity index (χ1n) is 15.5. The van der Waals surface area contributed by atoms with Crippen molar-refractivity contribution in [3.05, 3.63) is 63.5 Å². The van der Waals surface area contributed by atoms with Gasteiger partial charge in [-0.15, -0.1) is 0 Å². The van der Waals surface area contributed by atoms with E-state index < -0.39 is 17.7 Å². The van der Waals surface area contributed by atoms with Crippen LogP contribution in [0.2, 0.25) is 0 Å². The van der Waals surface area contributed by atoms with Gasteiger partial charge >= 0.3 is 17.6 Å². The molecule has 3 aromatic rings. The maximum absolute atomic E-state index is 13.3. The highest BCUT2D eigenvalue weighted by atomic mass is 16.5. The highest BCUT2D eigenvalue weighted by Crippen LogP contribution is 2.38. The third-order valence-corrected chi connectivity index (χ3v) is 8.22. The second-order valence-electron chi connectivity index (χ2n) is 11.2. The Balaban J connectivity index is 1.35. The van der Waals surface area contributed by atoms with Gasteiger partial charge in [0.1, 0.15) is 11.7 Å². The number of amides is 2. The molecular weight excluding hydrogens is 610 g/mol. The van der Waals surface area contributed by atoms with Gasteiger partial charge in [-0.1, -0.05) is 0 Å². The molecule has 2 aliphatic rings. The summed E-state index contributed by atoms with van der Waals surface area (Å²) < 4.78 is 38.7. The van der Waals surface area contributed by atoms with Crippen molar-refractivity contribution in [2.75, 3.05) is 85.8 Å². The van der Waals surface area contributed by atoms with Crippen LogP contribution in [0.25, 0.3) is 17.0 Å². The number of urea groups is 1. The lowest BCUT2D eigenvalue weighted by Crippen LogP contribution is -2.43. The summed E-state index contributed by atoms with van der Waals surface area (Å²) in [6.45, 7) is 6.77. The lowest BCUT2D eigenvalue weighted by Gasteiger charge is -2.30. The number of carbonyl (C=O) groups is 2. The SMILES string of the molecule is COc1cc(/C=C/C(=O)O[C@@H](Cc2c(C)c3ccc(NC(=O)N4CCOCC4)cc3oc2=O)CN2CCOCC2)cc(OC)c1OC. The van der Waals surface area contributed by atoms with E-state index in [1.807, 2.05) is 13.0 Å². The first-order valence-corrected chi connectivity index (χ1v) is 15.5. The number of nitrogens with one attached hydrogen (secondary N) is 1. The van der Waals surface area contributed by atoms with Gasteiger partial charge in [0.05, 0.1) is 47.8 Å². The van der Waals surface area contributed by atoms with Crippen LogP contribution in [0, 0.1) is 6.92 Å². The van der Waals surface area contributed by atoms with E-state index in [1.54, 1.807) is 35.2 Å². The Bertz CT molecular complexity index is 1630. The number of morpholine rings is 2. The zero-order chi connectivity index (χ0) is 33.3. The molecule has 2 saturated heterocycles. The number of hydrogen-bond acceptors (Lipinski definition) is 11. The van der Waals surface area contributed by atoms with Crippen molar-refractivity contribution in [1.29, 1.82) is 0 Å². The first kappa shape index (κ1) is 33.8. The van der Waals surface area contributed by atoms with Gasteiger partial charge in [-0.25, -0.2) is 14.4 Å². The number of anilines is 1. The van der Waals surface area contributed by atoms with Crippen molar-refractivity contribution in [1.82, 2.24) is 9.80 Å². The van der Waals surface area contributed by atoms with Crippen molar-refractivity contribution >= 4 is 34.7 Å². The number of hydrogen-bond donors (Lipinski definition) is 1. The summed E-state index contributed by atoms with van der Waals surface area (Å²) in [7, 11) is 4.55. The number of methoxy groups -OCH3 is 3. The molecule has 252 valence electrons. The van der Waals surface area contributed by atoms with Gasteiger partial charge in [-0.2, -0.15) is 0 Å². The maximum atomic E-state index is 13.3. The van der Waals surface area contributed by atoms with Gasteiger partial charge in [0.15, 0.2) is 11.5 Å². The van der Waals surface area contributed by atoms with Crippen LogP contribution in [-0.2, 0) is 25.4 Å². The van der Waals surface area contributed by atoms with E-state index in [1.165, 1.54) is 27.4 Å². The lowest BCUT2D eigenvalue weighted by molar-refractivity contribution is -0.144. The zero-order valence-electron chi connectivity index (χ0n) is 27.2. The van der Waals surface area contributed by atoms with Crippen LogP contribution >= 0.6 is 0 Å². The molecule has 2 amide bonds. The smallest absolute Gasteiger partial charge is 0.339 e. The molecule has 47 heavy (non-hydrogen) atoms. The van der Waals surface area contributed by atoms with Crippen LogP contribution < -0.4 is 25.2 Å². The molecule has 0 unspecified atom stereocenters. The van der Waals surface area contributed by atoms with E-state index in [0.717, 1.165) is 10.9 Å². The van der Waals surface area contributed by atoms with Gasteiger partial charge in [-0.3, -0.25) is 4.90 Å². The third kappa shape index (κ3) is 8.42. The van der Waals surface area contributed by atoms with Crippen molar-refractivity contribution in [3.63, 3.8) is 0 Å². The molecule has 0 spiro atoms. The molecule has 0 aliphatic carbocycles. The molecule has 1 aromatic heterocycles. The Kier molecular flexibility index (Phi) is 11.4. The third-order valence-electron chi connectivity index (χ3n) is 8.22. The van der Waals surface area contributed by atoms with Crippen molar-refractivity contribution in [2.45, 2.75) is 19.4 Å². The molecule has 3 heterocycles. The number of rotatable bonds is 11. The molecule has 5 rings (SSSR count). The summed E-state index contributed by atoms with van der Waals surface area (Å²) in [6.07, 6.45) is 2.44. The second kappa shape index (κ2) is 15.8. The number of ether oxygens (including phenoxy) is 6. The largest absolute Gasteiger partial charge is 0.493 e. The van der Waals surface area contributed by atoms with Crippen LogP contribution in [0.4, 0.5) is 10.5 Å². The molecular formula is C34H41N3O10. The molecule has 2 fully saturated rings. The molecule has 0 bridgehead atoms. The van der Waals surface area contributed by atoms with Crippen molar-refractivity contribution in [2.24, 2.45) is 0 Å². The fourth-order valence-corrected chi connectivity index (χ4v) is 5.69. The van der Waals surface area contributed by atoms with Crippen LogP contribution in [0.15, 0.2) is 45.6 Å². The van der Waals surface area contributed by atoms with Gasteiger partial charge in [-0.05, 0) is 48.4 Å². The maximum Gasteiger partial charge on any atom is 0.339 e. The number of esters is 1. The molecule has 13 heteroatoms. The van der Waals surface area contributed by atoms with Crippen LogP contribution in [0.3, 0.4) is 0 Å². The van der Waals surface area contributed by atoms with E-state index >= 15 is 0 Å². The summed E-state index contributed by atoms with van der Waals surface area (Å²) in [4.78, 5) is 42.9. The Morgan fingerprint density at radius 2 is 1.60 bits per heavy atom. The molecule has 13 nitrogen and oxygen atoms in total. The quantitative estimate of drug-likeness (QED) is 0.185. The van der Waals surface area contributed by atoms with Crippen LogP contribution in [0.5, 0.6) is 17.2 Å². The Morgan fingerprint density at radius 3 is 2.23 bits per heavy atom. The molecule has 1 N–H and O–H groups in total. The van der Waals surface area contributed by atoms with Crippen LogP contribution in [0.1, 0.15) is 16.7 Å². The highest BCUT2D eigenvalue weighted by molar-refractivity contribution is 5.93. The zero-order valence-corrected chi connectivity index (χ0v) is 27.2. The lowest BCUT2D eigenvalue weighted by atomic mass is 10.0. The highest BCUT2D eigenvalue weighted by Gasteiger charge is 2.24. The summed E-state index contributed by atoms with van der Waals surface area (Å²) >= 11 is 0. The number of benzene rings is 2. The van der Waals surface area contributed by atoms with Crippen molar-refractivity contribution < 1.29 is 42.4 Å². The van der Waals surface area contributed by atoms with Gasteiger partial charge in [0, 0.05) is 67.9 Å².